The van der Waals surface area contributed by atoms with Crippen LogP contribution in [0.4, 0.5) is 17.6 Å². The van der Waals surface area contributed by atoms with Crippen LogP contribution in [0.25, 0.3) is 11.1 Å². The third-order valence-electron chi connectivity index (χ3n) is 7.54. The molecule has 0 spiro atoms. The Morgan fingerprint density at radius 2 is 1.47 bits per heavy atom. The van der Waals surface area contributed by atoms with E-state index in [4.69, 9.17) is 0 Å². The minimum Gasteiger partial charge on any atom is -0.505 e. The Balaban J connectivity index is 1.39. The first-order valence-electron chi connectivity index (χ1n) is 12.7. The smallest absolute Gasteiger partial charge is 0.200 e. The van der Waals surface area contributed by atoms with Crippen LogP contribution in [0.5, 0.6) is 5.75 Å². The van der Waals surface area contributed by atoms with Crippen LogP contribution >= 0.6 is 0 Å². The maximum Gasteiger partial charge on any atom is 0.200 e. The van der Waals surface area contributed by atoms with E-state index in [-0.39, 0.29) is 23.5 Å². The van der Waals surface area contributed by atoms with Crippen LogP contribution in [0.15, 0.2) is 48.5 Å². The van der Waals surface area contributed by atoms with E-state index in [1.165, 1.54) is 6.07 Å². The van der Waals surface area contributed by atoms with Crippen LogP contribution in [0, 0.1) is 29.2 Å². The average molecular weight is 501 g/mol. The molecule has 2 N–H and O–H groups in total. The van der Waals surface area contributed by atoms with Crippen molar-refractivity contribution in [1.29, 1.82) is 0 Å². The van der Waals surface area contributed by atoms with Crippen molar-refractivity contribution in [2.75, 3.05) is 0 Å². The van der Waals surface area contributed by atoms with E-state index in [2.05, 4.69) is 0 Å². The summed E-state index contributed by atoms with van der Waals surface area (Å²) in [6.45, 7) is 2.05. The second kappa shape index (κ2) is 11.5. The number of phenols is 1. The summed E-state index contributed by atoms with van der Waals surface area (Å²) in [5.74, 6) is -4.53. The largest absolute Gasteiger partial charge is 0.505 e. The molecule has 0 aliphatic heterocycles. The highest BCUT2D eigenvalue weighted by atomic mass is 19.2. The van der Waals surface area contributed by atoms with Crippen molar-refractivity contribution >= 4 is 0 Å². The van der Waals surface area contributed by atoms with E-state index >= 15 is 0 Å². The molecule has 0 heterocycles. The maximum atomic E-state index is 15.0. The molecule has 3 aromatic rings. The van der Waals surface area contributed by atoms with Crippen molar-refractivity contribution in [3.05, 3.63) is 88.5 Å². The molecule has 1 saturated carbocycles. The van der Waals surface area contributed by atoms with E-state index in [0.29, 0.717) is 29.5 Å². The number of hydrogen-bond acceptors (Lipinski definition) is 2. The monoisotopic (exact) mass is 500 g/mol. The number of aliphatic hydroxyl groups excluding tert-OH is 1. The summed E-state index contributed by atoms with van der Waals surface area (Å²) in [4.78, 5) is 0. The zero-order chi connectivity index (χ0) is 25.8. The standard InChI is InChI=1S/C30H32F4O2/c1-2-3-25(35)21-12-10-20(11-13-21)23-15-14-22(27(31)28(23)32)9-6-18-4-7-19(8-5-18)24-16-17-26(36)30(34)29(24)33/h4-5,7-8,14-17,20-21,25,35-36H,2-3,6,9-13H2,1H3. The molecule has 1 fully saturated rings. The van der Waals surface area contributed by atoms with Crippen molar-refractivity contribution < 1.29 is 27.8 Å². The molecular formula is C30H32F4O2. The molecular weight excluding hydrogens is 468 g/mol. The van der Waals surface area contributed by atoms with Crippen molar-refractivity contribution in [2.24, 2.45) is 5.92 Å². The SMILES string of the molecule is CCCC(O)C1CCC(c2ccc(CCc3ccc(-c4ccc(O)c(F)c4F)cc3)c(F)c2F)CC1. The molecule has 192 valence electrons. The molecule has 0 aromatic heterocycles. The Bertz CT molecular complexity index is 1180. The van der Waals surface area contributed by atoms with Gasteiger partial charge in [-0.05, 0) is 91.2 Å². The predicted molar refractivity (Wildman–Crippen MR) is 133 cm³/mol. The first-order valence-corrected chi connectivity index (χ1v) is 12.7. The molecule has 1 aliphatic carbocycles. The van der Waals surface area contributed by atoms with Gasteiger partial charge >= 0.3 is 0 Å². The van der Waals surface area contributed by atoms with Gasteiger partial charge in [0.15, 0.2) is 23.2 Å². The van der Waals surface area contributed by atoms with Gasteiger partial charge < -0.3 is 10.2 Å². The van der Waals surface area contributed by atoms with Crippen molar-refractivity contribution in [2.45, 2.75) is 70.3 Å². The quantitative estimate of drug-likeness (QED) is 0.309. The lowest BCUT2D eigenvalue weighted by Crippen LogP contribution is -2.25. The van der Waals surface area contributed by atoms with Gasteiger partial charge in [-0.15, -0.1) is 0 Å². The maximum absolute atomic E-state index is 15.0. The van der Waals surface area contributed by atoms with E-state index in [9.17, 15) is 27.8 Å². The van der Waals surface area contributed by atoms with Crippen LogP contribution in [0.2, 0.25) is 0 Å². The summed E-state index contributed by atoms with van der Waals surface area (Å²) in [6.07, 6.45) is 5.32. The molecule has 3 aromatic carbocycles. The zero-order valence-corrected chi connectivity index (χ0v) is 20.4. The van der Waals surface area contributed by atoms with Crippen LogP contribution in [-0.4, -0.2) is 16.3 Å². The summed E-state index contributed by atoms with van der Waals surface area (Å²) in [5, 5.41) is 19.5. The second-order valence-corrected chi connectivity index (χ2v) is 9.87. The minimum absolute atomic E-state index is 0.0312. The Morgan fingerprint density at radius 3 is 2.14 bits per heavy atom. The van der Waals surface area contributed by atoms with Crippen molar-refractivity contribution in [3.8, 4) is 16.9 Å². The van der Waals surface area contributed by atoms with Gasteiger partial charge in [-0.2, -0.15) is 4.39 Å². The Hall–Kier alpha value is -2.86. The fraction of sp³-hybridized carbons (Fsp3) is 0.400. The van der Waals surface area contributed by atoms with Crippen molar-refractivity contribution in [1.82, 2.24) is 0 Å². The number of hydrogen-bond donors (Lipinski definition) is 2. The normalized spacial score (nSPS) is 18.8. The molecule has 36 heavy (non-hydrogen) atoms. The Kier molecular flexibility index (Phi) is 8.35. The highest BCUT2D eigenvalue weighted by Gasteiger charge is 2.29. The number of rotatable bonds is 8. The fourth-order valence-electron chi connectivity index (χ4n) is 5.35. The number of halogens is 4. The van der Waals surface area contributed by atoms with E-state index in [1.54, 1.807) is 36.4 Å². The molecule has 1 unspecified atom stereocenters. The topological polar surface area (TPSA) is 40.5 Å². The number of aromatic hydroxyl groups is 1. The second-order valence-electron chi connectivity index (χ2n) is 9.87. The third-order valence-corrected chi connectivity index (χ3v) is 7.54. The van der Waals surface area contributed by atoms with Gasteiger partial charge in [0.05, 0.1) is 6.10 Å². The zero-order valence-electron chi connectivity index (χ0n) is 20.4. The lowest BCUT2D eigenvalue weighted by Gasteiger charge is -2.32. The predicted octanol–water partition coefficient (Wildman–Crippen LogP) is 7.84. The molecule has 6 heteroatoms. The lowest BCUT2D eigenvalue weighted by molar-refractivity contribution is 0.0727. The first kappa shape index (κ1) is 26.2. The Morgan fingerprint density at radius 1 is 0.778 bits per heavy atom. The molecule has 0 bridgehead atoms. The number of aryl methyl sites for hydroxylation is 2. The first-order chi connectivity index (χ1) is 17.3. The van der Waals surface area contributed by atoms with E-state index in [1.807, 2.05) is 6.92 Å². The van der Waals surface area contributed by atoms with Gasteiger partial charge in [0.2, 0.25) is 5.82 Å². The Labute approximate surface area is 209 Å². The van der Waals surface area contributed by atoms with Crippen LogP contribution < -0.4 is 0 Å². The summed E-state index contributed by atoms with van der Waals surface area (Å²) in [6, 6.07) is 12.5. The highest BCUT2D eigenvalue weighted by Crippen LogP contribution is 2.39. The molecule has 0 saturated heterocycles. The number of phenolic OH excluding ortho intramolecular Hbond substituents is 1. The summed E-state index contributed by atoms with van der Waals surface area (Å²) in [5.41, 5.74) is 2.07. The van der Waals surface area contributed by atoms with E-state index < -0.39 is 29.0 Å². The molecule has 1 aliphatic rings. The van der Waals surface area contributed by atoms with Crippen LogP contribution in [0.1, 0.15) is 68.1 Å². The van der Waals surface area contributed by atoms with Crippen LogP contribution in [0.3, 0.4) is 0 Å². The molecule has 0 amide bonds. The summed E-state index contributed by atoms with van der Waals surface area (Å²) in [7, 11) is 0. The third kappa shape index (κ3) is 5.59. The van der Waals surface area contributed by atoms with Gasteiger partial charge in [0.1, 0.15) is 0 Å². The average Bonchev–Trinajstić information content (AvgIpc) is 2.89. The summed E-state index contributed by atoms with van der Waals surface area (Å²) >= 11 is 0. The lowest BCUT2D eigenvalue weighted by atomic mass is 9.75. The van der Waals surface area contributed by atoms with Crippen LogP contribution in [-0.2, 0) is 12.8 Å². The van der Waals surface area contributed by atoms with Crippen molar-refractivity contribution in [3.63, 3.8) is 0 Å². The fourth-order valence-corrected chi connectivity index (χ4v) is 5.35. The molecule has 1 atom stereocenters. The van der Waals surface area contributed by atoms with Gasteiger partial charge in [0, 0.05) is 5.56 Å². The molecule has 2 nitrogen and oxygen atoms in total. The molecule has 0 radical (unpaired) electrons. The molecule has 4 rings (SSSR count). The van der Waals surface area contributed by atoms with Gasteiger partial charge in [-0.1, -0.05) is 49.7 Å². The van der Waals surface area contributed by atoms with E-state index in [0.717, 1.165) is 50.2 Å². The number of benzene rings is 3. The summed E-state index contributed by atoms with van der Waals surface area (Å²) < 4.78 is 57.7. The number of aliphatic hydroxyl groups is 1. The van der Waals surface area contributed by atoms with Gasteiger partial charge in [-0.3, -0.25) is 0 Å². The van der Waals surface area contributed by atoms with Gasteiger partial charge in [0.25, 0.3) is 0 Å². The minimum atomic E-state index is -1.29. The van der Waals surface area contributed by atoms with Gasteiger partial charge in [-0.25, -0.2) is 13.2 Å². The highest BCUT2D eigenvalue weighted by molar-refractivity contribution is 5.65.